The molecule has 3 aliphatic rings. The number of hydrogen-bond acceptors (Lipinski definition) is 19. The zero-order chi connectivity index (χ0) is 36.2. The van der Waals surface area contributed by atoms with E-state index in [9.17, 15) is 54.4 Å². The van der Waals surface area contributed by atoms with Gasteiger partial charge in [0.15, 0.2) is 23.7 Å². The van der Waals surface area contributed by atoms with Crippen LogP contribution in [0.15, 0.2) is 17.3 Å². The molecule has 2 aliphatic heterocycles. The number of nitrogens with two attached hydrogens (primary N) is 1. The van der Waals surface area contributed by atoms with Crippen molar-refractivity contribution in [1.82, 2.24) is 34.5 Å². The van der Waals surface area contributed by atoms with Crippen LogP contribution in [0.1, 0.15) is 44.0 Å². The van der Waals surface area contributed by atoms with E-state index >= 15 is 0 Å². The summed E-state index contributed by atoms with van der Waals surface area (Å²) in [6, 6.07) is 0. The van der Waals surface area contributed by atoms with Gasteiger partial charge in [-0.15, -0.1) is 5.10 Å². The average molecular weight is 755 g/mol. The van der Waals surface area contributed by atoms with E-state index in [1.165, 1.54) is 10.9 Å². The van der Waals surface area contributed by atoms with Gasteiger partial charge in [-0.05, 0) is 12.8 Å². The van der Waals surface area contributed by atoms with Crippen LogP contribution >= 0.6 is 15.6 Å². The molecule has 11 N–H and O–H groups in total. The second-order valence-corrected chi connectivity index (χ2v) is 15.2. The van der Waals surface area contributed by atoms with Crippen LogP contribution in [0.3, 0.4) is 0 Å². The number of fused-ring (bicyclic) bond motifs is 1. The highest BCUT2D eigenvalue weighted by atomic mass is 31.3. The van der Waals surface area contributed by atoms with Crippen LogP contribution in [0.4, 0.5) is 5.95 Å². The first-order chi connectivity index (χ1) is 23.5. The number of hydrogen-bond donors (Lipinski definition) is 10. The van der Waals surface area contributed by atoms with Crippen LogP contribution in [0.25, 0.3) is 11.2 Å². The molecule has 3 aromatic rings. The van der Waals surface area contributed by atoms with Crippen molar-refractivity contribution in [3.8, 4) is 0 Å². The van der Waals surface area contributed by atoms with Crippen molar-refractivity contribution in [3.63, 3.8) is 0 Å². The lowest BCUT2D eigenvalue weighted by Crippen LogP contribution is -2.58. The fraction of sp³-hybridized carbons (Fsp3) is 0.708. The largest absolute Gasteiger partial charge is 0.483 e. The van der Waals surface area contributed by atoms with Gasteiger partial charge in [0.05, 0.1) is 25.7 Å². The fourth-order valence-electron chi connectivity index (χ4n) is 6.03. The van der Waals surface area contributed by atoms with Crippen molar-refractivity contribution in [2.24, 2.45) is 0 Å². The van der Waals surface area contributed by atoms with Crippen molar-refractivity contribution in [2.45, 2.75) is 99.5 Å². The predicted octanol–water partition coefficient (Wildman–Crippen LogP) is -3.18. The minimum Gasteiger partial charge on any atom is -0.388 e. The monoisotopic (exact) mass is 754 g/mol. The number of aromatic nitrogens is 7. The molecule has 1 saturated carbocycles. The van der Waals surface area contributed by atoms with Gasteiger partial charge in [0.2, 0.25) is 5.95 Å². The number of aliphatic hydroxyl groups is 6. The molecular formula is C24H36N8O16P2. The first-order valence-electron chi connectivity index (χ1n) is 15.2. The van der Waals surface area contributed by atoms with E-state index in [-0.39, 0.29) is 29.4 Å². The molecule has 3 aromatic heterocycles. The summed E-state index contributed by atoms with van der Waals surface area (Å²) in [6.07, 6.45) is -10.1. The van der Waals surface area contributed by atoms with Gasteiger partial charge in [-0.2, -0.15) is 9.29 Å². The Bertz CT molecular complexity index is 1830. The van der Waals surface area contributed by atoms with Crippen LogP contribution < -0.4 is 11.3 Å². The van der Waals surface area contributed by atoms with E-state index in [0.29, 0.717) is 12.8 Å². The Morgan fingerprint density at radius 2 is 1.68 bits per heavy atom. The molecule has 0 amide bonds. The summed E-state index contributed by atoms with van der Waals surface area (Å²) in [4.78, 5) is 42.5. The molecule has 0 bridgehead atoms. The number of H-pyrrole nitrogens is 1. The van der Waals surface area contributed by atoms with Gasteiger partial charge < -0.3 is 55.6 Å². The lowest BCUT2D eigenvalue weighted by molar-refractivity contribution is -0.278. The molecule has 2 unspecified atom stereocenters. The molecular weight excluding hydrogens is 718 g/mol. The number of nitrogen functional groups attached to an aromatic ring is 1. The number of phosphoric acid groups is 2. The maximum absolute atomic E-state index is 12.7. The number of ether oxygens (including phenoxy) is 2. The van der Waals surface area contributed by atoms with Crippen molar-refractivity contribution in [3.05, 3.63) is 28.6 Å². The van der Waals surface area contributed by atoms with Gasteiger partial charge in [-0.1, -0.05) is 24.5 Å². The molecule has 1 aliphatic carbocycles. The summed E-state index contributed by atoms with van der Waals surface area (Å²) in [5.41, 5.74) is 3.67. The summed E-state index contributed by atoms with van der Waals surface area (Å²) in [7, 11) is -11.2. The summed E-state index contributed by atoms with van der Waals surface area (Å²) < 4.78 is 52.3. The third kappa shape index (κ3) is 7.55. The maximum Gasteiger partial charge on any atom is 0.483 e. The molecule has 26 heteroatoms. The van der Waals surface area contributed by atoms with E-state index in [1.807, 2.05) is 0 Å². The second-order valence-electron chi connectivity index (χ2n) is 12.2. The van der Waals surface area contributed by atoms with E-state index in [4.69, 9.17) is 24.3 Å². The summed E-state index contributed by atoms with van der Waals surface area (Å²) in [5.74, 6) is -0.280. The lowest BCUT2D eigenvalue weighted by Gasteiger charge is -2.40. The molecule has 0 radical (unpaired) electrons. The number of phosphoric ester groups is 2. The first kappa shape index (κ1) is 37.0. The Balaban J connectivity index is 1.06. The Hall–Kier alpha value is -2.77. The quantitative estimate of drug-likeness (QED) is 0.0863. The fourth-order valence-corrected chi connectivity index (χ4v) is 8.19. The van der Waals surface area contributed by atoms with E-state index in [1.54, 1.807) is 0 Å². The average Bonchev–Trinajstić information content (AvgIpc) is 3.76. The van der Waals surface area contributed by atoms with Crippen molar-refractivity contribution < 1.29 is 72.4 Å². The van der Waals surface area contributed by atoms with Crippen LogP contribution in [0.5, 0.6) is 0 Å². The number of anilines is 1. The standard InChI is InChI=1S/C24H36N8O16P2/c25-23-27-19-13(20(38)28-23)26-9-32(19)21-17(36)15(34)11(45-21)8-44-49(40,41)48-50(42,43)47-22-18(37)16(35)14(33)10(46-22)6-31-7-12(29-30-31)24(39)4-2-1-3-5-24/h7,9-11,14-18,21-22,33-37,39H,1-6,8H2,(H,40,41)(H,42,43)(H3,25,27,28,38)/t10-,11+,14+,15+,16+,17+,18-,21+,22+/m0/s1. The van der Waals surface area contributed by atoms with Crippen molar-refractivity contribution >= 4 is 32.8 Å². The van der Waals surface area contributed by atoms with Gasteiger partial charge in [0, 0.05) is 0 Å². The highest BCUT2D eigenvalue weighted by molar-refractivity contribution is 7.61. The van der Waals surface area contributed by atoms with Crippen molar-refractivity contribution in [1.29, 1.82) is 0 Å². The second kappa shape index (κ2) is 14.0. The molecule has 6 rings (SSSR count). The van der Waals surface area contributed by atoms with E-state index in [0.717, 1.165) is 30.2 Å². The third-order valence-electron chi connectivity index (χ3n) is 8.64. The molecule has 11 atom stereocenters. The minimum absolute atomic E-state index is 0.116. The van der Waals surface area contributed by atoms with Gasteiger partial charge >= 0.3 is 15.6 Å². The van der Waals surface area contributed by atoms with Crippen LogP contribution in [0, 0.1) is 0 Å². The highest BCUT2D eigenvalue weighted by Gasteiger charge is 2.50. The van der Waals surface area contributed by atoms with Crippen LogP contribution in [0.2, 0.25) is 0 Å². The van der Waals surface area contributed by atoms with Gasteiger partial charge in [-0.25, -0.2) is 18.8 Å². The van der Waals surface area contributed by atoms with Crippen LogP contribution in [-0.2, 0) is 44.1 Å². The van der Waals surface area contributed by atoms with Crippen LogP contribution in [-0.4, -0.2) is 131 Å². The van der Waals surface area contributed by atoms with E-state index < -0.39 is 88.7 Å². The van der Waals surface area contributed by atoms with Gasteiger partial charge in [0.25, 0.3) is 5.56 Å². The Kier molecular flexibility index (Phi) is 10.4. The smallest absolute Gasteiger partial charge is 0.388 e. The first-order valence-corrected chi connectivity index (χ1v) is 18.2. The summed E-state index contributed by atoms with van der Waals surface area (Å²) in [6.45, 7) is -1.34. The predicted molar refractivity (Wildman–Crippen MR) is 160 cm³/mol. The lowest BCUT2D eigenvalue weighted by atomic mass is 9.83. The number of rotatable bonds is 11. The molecule has 0 aromatic carbocycles. The molecule has 24 nitrogen and oxygen atoms in total. The highest BCUT2D eigenvalue weighted by Crippen LogP contribution is 2.61. The molecule has 278 valence electrons. The number of nitrogens with one attached hydrogen (secondary N) is 1. The number of imidazole rings is 1. The molecule has 0 spiro atoms. The number of aliphatic hydroxyl groups excluding tert-OH is 5. The minimum atomic E-state index is -5.68. The Morgan fingerprint density at radius 1 is 0.980 bits per heavy atom. The van der Waals surface area contributed by atoms with Gasteiger partial charge in [-0.3, -0.25) is 23.4 Å². The zero-order valence-electron chi connectivity index (χ0n) is 25.8. The molecule has 50 heavy (non-hydrogen) atoms. The number of nitrogens with zero attached hydrogens (tertiary/aromatic N) is 6. The van der Waals surface area contributed by atoms with Crippen molar-refractivity contribution in [2.75, 3.05) is 12.3 Å². The van der Waals surface area contributed by atoms with Gasteiger partial charge in [0.1, 0.15) is 54.0 Å². The SMILES string of the molecule is Nc1nc2c(ncn2[C@@H]2O[C@H](COP(=O)(O)OP(=O)(O)O[C@H]3O[C@@H](Cn4cc(C5(O)CCCCC5)nn4)[C@@H](O)[C@@H](O)[C@@H]3O)[C@@H](O)[C@H]2O)c(=O)[nH]1. The number of aromatic amines is 1. The molecule has 2 saturated heterocycles. The molecule has 5 heterocycles. The Labute approximate surface area is 280 Å². The normalized spacial score (nSPS) is 34.0. The van der Waals surface area contributed by atoms with E-state index in [2.05, 4.69) is 29.6 Å². The summed E-state index contributed by atoms with van der Waals surface area (Å²) >= 11 is 0. The Morgan fingerprint density at radius 3 is 2.40 bits per heavy atom. The zero-order valence-corrected chi connectivity index (χ0v) is 27.6. The molecule has 3 fully saturated rings. The topological polar surface area (TPSA) is 362 Å². The maximum atomic E-state index is 12.7. The summed E-state index contributed by atoms with van der Waals surface area (Å²) in [5, 5.41) is 71.1. The third-order valence-corrected chi connectivity index (χ3v) is 11.2.